The van der Waals surface area contributed by atoms with Crippen LogP contribution in [-0.2, 0) is 11.3 Å². The summed E-state index contributed by atoms with van der Waals surface area (Å²) in [5, 5.41) is 23.7. The maximum Gasteiger partial charge on any atom is 0.265 e. The first kappa shape index (κ1) is 18.4. The van der Waals surface area contributed by atoms with Crippen molar-refractivity contribution in [3.8, 4) is 6.07 Å². The number of amides is 1. The highest BCUT2D eigenvalue weighted by molar-refractivity contribution is 7.99. The van der Waals surface area contributed by atoms with Crippen molar-refractivity contribution < 1.29 is 9.90 Å². The van der Waals surface area contributed by atoms with Gasteiger partial charge in [0.15, 0.2) is 5.57 Å². The smallest absolute Gasteiger partial charge is 0.265 e. The summed E-state index contributed by atoms with van der Waals surface area (Å²) in [6.45, 7) is 0.280. The summed E-state index contributed by atoms with van der Waals surface area (Å²) in [5.74, 6) is -0.828. The standard InChI is InChI=1S/C20H16N4O2S/c21-10-16(19(26)22-11-14-6-2-1-3-7-14)18(25)12-27-20-15-8-4-5-9-17(15)23-13-24-20/h1-9,13,25H,11-12H2,(H,22,26). The van der Waals surface area contributed by atoms with Gasteiger partial charge in [0.1, 0.15) is 23.2 Å². The van der Waals surface area contributed by atoms with E-state index in [1.807, 2.05) is 54.6 Å². The number of para-hydroxylation sites is 1. The molecule has 0 fully saturated rings. The van der Waals surface area contributed by atoms with E-state index >= 15 is 0 Å². The van der Waals surface area contributed by atoms with Crippen LogP contribution in [0.25, 0.3) is 10.9 Å². The second kappa shape index (κ2) is 8.83. The summed E-state index contributed by atoms with van der Waals surface area (Å²) in [5.41, 5.74) is 1.40. The molecule has 1 aromatic heterocycles. The van der Waals surface area contributed by atoms with Crippen molar-refractivity contribution in [3.63, 3.8) is 0 Å². The van der Waals surface area contributed by atoms with E-state index < -0.39 is 5.91 Å². The van der Waals surface area contributed by atoms with Gasteiger partial charge in [-0.1, -0.05) is 60.3 Å². The Morgan fingerprint density at radius 1 is 1.11 bits per heavy atom. The third kappa shape index (κ3) is 4.63. The van der Waals surface area contributed by atoms with Crippen molar-refractivity contribution in [1.29, 1.82) is 5.26 Å². The number of hydrogen-bond donors (Lipinski definition) is 2. The first-order valence-corrected chi connectivity index (χ1v) is 9.14. The van der Waals surface area contributed by atoms with Crippen LogP contribution in [0.15, 0.2) is 77.3 Å². The number of hydrogen-bond acceptors (Lipinski definition) is 6. The summed E-state index contributed by atoms with van der Waals surface area (Å²) in [4.78, 5) is 20.6. The summed E-state index contributed by atoms with van der Waals surface area (Å²) in [6.07, 6.45) is 1.45. The molecule has 1 heterocycles. The first-order valence-electron chi connectivity index (χ1n) is 8.16. The Hall–Kier alpha value is -3.37. The summed E-state index contributed by atoms with van der Waals surface area (Å²) in [7, 11) is 0. The van der Waals surface area contributed by atoms with Crippen LogP contribution in [0.1, 0.15) is 5.56 Å². The minimum absolute atomic E-state index is 0.0582. The predicted octanol–water partition coefficient (Wildman–Crippen LogP) is 3.37. The van der Waals surface area contributed by atoms with E-state index in [-0.39, 0.29) is 23.6 Å². The van der Waals surface area contributed by atoms with E-state index in [2.05, 4.69) is 15.3 Å². The first-order chi connectivity index (χ1) is 13.2. The molecule has 0 saturated carbocycles. The maximum atomic E-state index is 12.2. The lowest BCUT2D eigenvalue weighted by molar-refractivity contribution is -0.117. The Labute approximate surface area is 160 Å². The van der Waals surface area contributed by atoms with Crippen LogP contribution in [0.5, 0.6) is 0 Å². The number of thioether (sulfide) groups is 1. The molecule has 0 atom stereocenters. The molecule has 0 spiro atoms. The lowest BCUT2D eigenvalue weighted by Crippen LogP contribution is -2.25. The number of nitriles is 1. The van der Waals surface area contributed by atoms with E-state index in [0.29, 0.717) is 5.03 Å². The lowest BCUT2D eigenvalue weighted by Gasteiger charge is -2.07. The Morgan fingerprint density at radius 2 is 1.85 bits per heavy atom. The van der Waals surface area contributed by atoms with Gasteiger partial charge >= 0.3 is 0 Å². The number of aromatic nitrogens is 2. The van der Waals surface area contributed by atoms with Gasteiger partial charge in [-0.3, -0.25) is 4.79 Å². The average molecular weight is 376 g/mol. The predicted molar refractivity (Wildman–Crippen MR) is 104 cm³/mol. The number of fused-ring (bicyclic) bond motifs is 1. The molecule has 6 nitrogen and oxygen atoms in total. The number of benzene rings is 2. The minimum atomic E-state index is -0.605. The van der Waals surface area contributed by atoms with Gasteiger partial charge in [0.25, 0.3) is 5.91 Å². The Bertz CT molecular complexity index is 1020. The number of aliphatic hydroxyl groups is 1. The van der Waals surface area contributed by atoms with E-state index in [0.717, 1.165) is 16.5 Å². The highest BCUT2D eigenvalue weighted by atomic mass is 32.2. The topological polar surface area (TPSA) is 98.9 Å². The molecule has 0 bridgehead atoms. The third-order valence-corrected chi connectivity index (χ3v) is 4.79. The average Bonchev–Trinajstić information content (AvgIpc) is 2.72. The van der Waals surface area contributed by atoms with Gasteiger partial charge in [0.2, 0.25) is 0 Å². The molecule has 27 heavy (non-hydrogen) atoms. The molecule has 3 rings (SSSR count). The highest BCUT2D eigenvalue weighted by Gasteiger charge is 2.16. The van der Waals surface area contributed by atoms with Gasteiger partial charge in [-0.05, 0) is 11.6 Å². The van der Waals surface area contributed by atoms with Gasteiger partial charge in [0.05, 0.1) is 11.3 Å². The number of nitrogens with zero attached hydrogens (tertiary/aromatic N) is 3. The van der Waals surface area contributed by atoms with Crippen LogP contribution >= 0.6 is 11.8 Å². The van der Waals surface area contributed by atoms with Gasteiger partial charge in [-0.25, -0.2) is 9.97 Å². The molecule has 0 aliphatic rings. The van der Waals surface area contributed by atoms with Crippen LogP contribution in [0.3, 0.4) is 0 Å². The fraction of sp³-hybridized carbons (Fsp3) is 0.100. The molecular formula is C20H16N4O2S. The normalized spacial score (nSPS) is 11.5. The van der Waals surface area contributed by atoms with Crippen molar-refractivity contribution in [1.82, 2.24) is 15.3 Å². The molecule has 0 unspecified atom stereocenters. The Balaban J connectivity index is 1.69. The zero-order valence-electron chi connectivity index (χ0n) is 14.3. The monoisotopic (exact) mass is 376 g/mol. The molecule has 2 N–H and O–H groups in total. The Morgan fingerprint density at radius 3 is 2.63 bits per heavy atom. The lowest BCUT2D eigenvalue weighted by atomic mass is 10.2. The fourth-order valence-corrected chi connectivity index (χ4v) is 3.28. The number of carbonyl (C=O) groups is 1. The van der Waals surface area contributed by atoms with E-state index in [1.165, 1.54) is 18.1 Å². The fourth-order valence-electron chi connectivity index (χ4n) is 2.42. The molecule has 7 heteroatoms. The quantitative estimate of drug-likeness (QED) is 0.225. The van der Waals surface area contributed by atoms with Crippen molar-refractivity contribution in [3.05, 3.63) is 77.8 Å². The number of carbonyl (C=O) groups excluding carboxylic acids is 1. The highest BCUT2D eigenvalue weighted by Crippen LogP contribution is 2.25. The molecule has 134 valence electrons. The molecule has 0 aliphatic carbocycles. The molecule has 3 aromatic rings. The number of aliphatic hydroxyl groups excluding tert-OH is 1. The van der Waals surface area contributed by atoms with E-state index in [9.17, 15) is 15.2 Å². The van der Waals surface area contributed by atoms with Gasteiger partial charge in [0, 0.05) is 11.9 Å². The third-order valence-electron chi connectivity index (χ3n) is 3.78. The largest absolute Gasteiger partial charge is 0.510 e. The van der Waals surface area contributed by atoms with Gasteiger partial charge in [-0.2, -0.15) is 5.26 Å². The van der Waals surface area contributed by atoms with Gasteiger partial charge < -0.3 is 10.4 Å². The second-order valence-electron chi connectivity index (χ2n) is 5.59. The zero-order valence-corrected chi connectivity index (χ0v) is 15.1. The van der Waals surface area contributed by atoms with Crippen molar-refractivity contribution >= 4 is 28.6 Å². The summed E-state index contributed by atoms with van der Waals surface area (Å²) < 4.78 is 0. The van der Waals surface area contributed by atoms with Crippen molar-refractivity contribution in [2.45, 2.75) is 11.6 Å². The zero-order chi connectivity index (χ0) is 19.1. The van der Waals surface area contributed by atoms with Crippen LogP contribution in [-0.4, -0.2) is 26.7 Å². The van der Waals surface area contributed by atoms with E-state index in [4.69, 9.17) is 0 Å². The SMILES string of the molecule is N#CC(C(=O)NCc1ccccc1)=C(O)CSc1ncnc2ccccc12. The van der Waals surface area contributed by atoms with Crippen molar-refractivity contribution in [2.24, 2.45) is 0 Å². The molecule has 2 aromatic carbocycles. The van der Waals surface area contributed by atoms with Crippen molar-refractivity contribution in [2.75, 3.05) is 5.75 Å². The molecule has 1 amide bonds. The van der Waals surface area contributed by atoms with Crippen LogP contribution < -0.4 is 5.32 Å². The summed E-state index contributed by atoms with van der Waals surface area (Å²) >= 11 is 1.24. The molecule has 0 radical (unpaired) electrons. The van der Waals surface area contributed by atoms with Crippen LogP contribution in [0, 0.1) is 11.3 Å². The van der Waals surface area contributed by atoms with Gasteiger partial charge in [-0.15, -0.1) is 0 Å². The number of nitrogens with one attached hydrogen (secondary N) is 1. The Kier molecular flexibility index (Phi) is 6.02. The number of rotatable bonds is 6. The van der Waals surface area contributed by atoms with E-state index in [1.54, 1.807) is 6.07 Å². The molecule has 0 saturated heterocycles. The second-order valence-corrected chi connectivity index (χ2v) is 6.55. The van der Waals surface area contributed by atoms with Crippen LogP contribution in [0.4, 0.5) is 0 Å². The van der Waals surface area contributed by atoms with Crippen LogP contribution in [0.2, 0.25) is 0 Å². The maximum absolute atomic E-state index is 12.2. The minimum Gasteiger partial charge on any atom is -0.510 e. The summed E-state index contributed by atoms with van der Waals surface area (Å²) in [6, 6.07) is 18.6. The molecular weight excluding hydrogens is 360 g/mol. The molecule has 0 aliphatic heterocycles.